The number of rotatable bonds is 8. The molecule has 1 amide bonds. The van der Waals surface area contributed by atoms with Crippen molar-refractivity contribution in [2.45, 2.75) is 50.5 Å². The fourth-order valence-corrected chi connectivity index (χ4v) is 5.97. The summed E-state index contributed by atoms with van der Waals surface area (Å²) in [6, 6.07) is 5.76. The highest BCUT2D eigenvalue weighted by Gasteiger charge is 2.49. The molecule has 1 aliphatic heterocycles. The van der Waals surface area contributed by atoms with Gasteiger partial charge >= 0.3 is 6.18 Å². The van der Waals surface area contributed by atoms with Gasteiger partial charge < -0.3 is 15.2 Å². The molecule has 0 unspecified atom stereocenters. The summed E-state index contributed by atoms with van der Waals surface area (Å²) in [5, 5.41) is 18.1. The third-order valence-corrected chi connectivity index (χ3v) is 8.26. The SMILES string of the molecule is CCNCc1cc(C(=O)N2CCN([C@H]3C[C@@](CC#N)(n4cc(-c5ncnc6[nH]ccc56)cn4)C3)CC2)nc(C(F)(F)F)n1. The van der Waals surface area contributed by atoms with Crippen LogP contribution in [0.1, 0.15) is 48.2 Å². The first-order chi connectivity index (χ1) is 20.7. The fourth-order valence-electron chi connectivity index (χ4n) is 5.97. The first-order valence-corrected chi connectivity index (χ1v) is 14.1. The van der Waals surface area contributed by atoms with E-state index in [0.717, 1.165) is 22.3 Å². The Kier molecular flexibility index (Phi) is 7.57. The molecular formula is C28H30F3N11O. The first kappa shape index (κ1) is 28.7. The number of alkyl halides is 3. The minimum atomic E-state index is -4.76. The third kappa shape index (κ3) is 5.55. The second-order valence-electron chi connectivity index (χ2n) is 10.9. The number of aromatic nitrogens is 7. The second-order valence-corrected chi connectivity index (χ2v) is 10.9. The summed E-state index contributed by atoms with van der Waals surface area (Å²) in [5.41, 5.74) is 1.75. The molecule has 0 radical (unpaired) electrons. The van der Waals surface area contributed by atoms with Gasteiger partial charge in [0.15, 0.2) is 0 Å². The molecule has 43 heavy (non-hydrogen) atoms. The maximum absolute atomic E-state index is 13.4. The summed E-state index contributed by atoms with van der Waals surface area (Å²) < 4.78 is 42.2. The lowest BCUT2D eigenvalue weighted by Crippen LogP contribution is -2.60. The van der Waals surface area contributed by atoms with Gasteiger partial charge in [-0.25, -0.2) is 19.9 Å². The van der Waals surface area contributed by atoms with Crippen LogP contribution in [0.2, 0.25) is 0 Å². The molecule has 0 atom stereocenters. The van der Waals surface area contributed by atoms with Crippen LogP contribution in [0.25, 0.3) is 22.3 Å². The van der Waals surface area contributed by atoms with E-state index >= 15 is 0 Å². The molecule has 0 spiro atoms. The number of hydrogen-bond acceptors (Lipinski definition) is 9. The number of carbonyl (C=O) groups excluding carboxylic acids is 1. The van der Waals surface area contributed by atoms with Crippen LogP contribution < -0.4 is 5.32 Å². The third-order valence-electron chi connectivity index (χ3n) is 8.26. The van der Waals surface area contributed by atoms with E-state index in [2.05, 4.69) is 46.3 Å². The lowest BCUT2D eigenvalue weighted by molar-refractivity contribution is -0.145. The van der Waals surface area contributed by atoms with Crippen molar-refractivity contribution in [3.8, 4) is 17.3 Å². The molecule has 12 nitrogen and oxygen atoms in total. The Bertz CT molecular complexity index is 1660. The average molecular weight is 594 g/mol. The first-order valence-electron chi connectivity index (χ1n) is 14.1. The minimum Gasteiger partial charge on any atom is -0.346 e. The number of nitrogens with zero attached hydrogens (tertiary/aromatic N) is 9. The molecule has 4 aromatic rings. The van der Waals surface area contributed by atoms with E-state index in [0.29, 0.717) is 52.0 Å². The quantitative estimate of drug-likeness (QED) is 0.315. The molecule has 2 N–H and O–H groups in total. The Labute approximate surface area is 245 Å². The van der Waals surface area contributed by atoms with Gasteiger partial charge in [0.1, 0.15) is 17.7 Å². The monoisotopic (exact) mass is 593 g/mol. The Morgan fingerprint density at radius 1 is 1.21 bits per heavy atom. The summed E-state index contributed by atoms with van der Waals surface area (Å²) in [6.45, 7) is 4.34. The maximum atomic E-state index is 13.4. The zero-order chi connectivity index (χ0) is 30.2. The van der Waals surface area contributed by atoms with Gasteiger partial charge in [-0.3, -0.25) is 14.4 Å². The molecule has 1 saturated carbocycles. The van der Waals surface area contributed by atoms with Gasteiger partial charge in [0.25, 0.3) is 5.91 Å². The molecule has 2 aliphatic rings. The van der Waals surface area contributed by atoms with Gasteiger partial charge in [0.2, 0.25) is 5.82 Å². The van der Waals surface area contributed by atoms with E-state index < -0.39 is 23.4 Å². The molecule has 0 aromatic carbocycles. The molecule has 15 heteroatoms. The second kappa shape index (κ2) is 11.3. The number of fused-ring (bicyclic) bond motifs is 1. The summed E-state index contributed by atoms with van der Waals surface area (Å²) in [5.74, 6) is -1.85. The Hall–Kier alpha value is -4.42. The van der Waals surface area contributed by atoms with Crippen molar-refractivity contribution in [3.63, 3.8) is 0 Å². The van der Waals surface area contributed by atoms with Crippen molar-refractivity contribution < 1.29 is 18.0 Å². The Balaban J connectivity index is 1.11. The molecule has 5 heterocycles. The lowest BCUT2D eigenvalue weighted by Gasteiger charge is -2.52. The summed E-state index contributed by atoms with van der Waals surface area (Å²) in [6.07, 6.45) is 3.98. The number of amides is 1. The van der Waals surface area contributed by atoms with Crippen molar-refractivity contribution >= 4 is 16.9 Å². The van der Waals surface area contributed by atoms with Gasteiger partial charge in [0, 0.05) is 62.1 Å². The van der Waals surface area contributed by atoms with E-state index in [9.17, 15) is 23.2 Å². The standard InChI is InChI=1S/C28H30F3N11O/c1-2-33-15-19-11-22(39-26(38-19)28(29,30)31)25(43)41-9-7-40(8-10-41)20-12-27(13-20,4-5-32)42-16-18(14-37-42)23-21-3-6-34-24(21)36-17-35-23/h3,6,11,14,16-17,20,33H,2,4,7-10,12-13,15H2,1H3,(H,34,35,36)/t20-,27+. The molecule has 224 valence electrons. The maximum Gasteiger partial charge on any atom is 0.451 e. The van der Waals surface area contributed by atoms with Crippen molar-refractivity contribution in [1.82, 2.24) is 49.8 Å². The minimum absolute atomic E-state index is 0.107. The van der Waals surface area contributed by atoms with Crippen LogP contribution in [0.3, 0.4) is 0 Å². The van der Waals surface area contributed by atoms with Crippen LogP contribution >= 0.6 is 0 Å². The Morgan fingerprint density at radius 3 is 2.72 bits per heavy atom. The van der Waals surface area contributed by atoms with E-state index in [1.165, 1.54) is 12.4 Å². The van der Waals surface area contributed by atoms with E-state index in [1.54, 1.807) is 11.1 Å². The molecular weight excluding hydrogens is 563 g/mol. The van der Waals surface area contributed by atoms with Crippen LogP contribution in [0.5, 0.6) is 0 Å². The van der Waals surface area contributed by atoms with Crippen molar-refractivity contribution in [2.24, 2.45) is 0 Å². The molecule has 1 aliphatic carbocycles. The van der Waals surface area contributed by atoms with E-state index in [-0.39, 0.29) is 24.0 Å². The van der Waals surface area contributed by atoms with Crippen LogP contribution in [-0.4, -0.2) is 89.2 Å². The molecule has 2 fully saturated rings. The largest absolute Gasteiger partial charge is 0.451 e. The fraction of sp³-hybridized carbons (Fsp3) is 0.464. The molecule has 1 saturated heterocycles. The smallest absolute Gasteiger partial charge is 0.346 e. The van der Waals surface area contributed by atoms with Crippen molar-refractivity contribution in [3.05, 3.63) is 54.3 Å². The van der Waals surface area contributed by atoms with Gasteiger partial charge in [-0.15, -0.1) is 0 Å². The van der Waals surface area contributed by atoms with Crippen molar-refractivity contribution in [1.29, 1.82) is 5.26 Å². The van der Waals surface area contributed by atoms with Gasteiger partial charge in [-0.1, -0.05) is 6.92 Å². The highest BCUT2D eigenvalue weighted by atomic mass is 19.4. The molecule has 4 aromatic heterocycles. The summed E-state index contributed by atoms with van der Waals surface area (Å²) in [7, 11) is 0. The van der Waals surface area contributed by atoms with Crippen molar-refractivity contribution in [2.75, 3.05) is 32.7 Å². The van der Waals surface area contributed by atoms with Gasteiger partial charge in [0.05, 0.1) is 35.6 Å². The van der Waals surface area contributed by atoms with Gasteiger partial charge in [-0.2, -0.15) is 23.5 Å². The topological polar surface area (TPSA) is 145 Å². The average Bonchev–Trinajstić information content (AvgIpc) is 3.67. The molecule has 6 rings (SSSR count). The number of halogens is 3. The Morgan fingerprint density at radius 2 is 2.00 bits per heavy atom. The van der Waals surface area contributed by atoms with Crippen LogP contribution in [0.15, 0.2) is 37.1 Å². The molecule has 0 bridgehead atoms. The van der Waals surface area contributed by atoms with Crippen LogP contribution in [0, 0.1) is 11.3 Å². The highest BCUT2D eigenvalue weighted by molar-refractivity contribution is 5.92. The van der Waals surface area contributed by atoms with Crippen LogP contribution in [-0.2, 0) is 18.3 Å². The summed E-state index contributed by atoms with van der Waals surface area (Å²) >= 11 is 0. The number of piperazine rings is 1. The predicted molar refractivity (Wildman–Crippen MR) is 148 cm³/mol. The number of aromatic amines is 1. The number of carbonyl (C=O) groups is 1. The number of hydrogen-bond donors (Lipinski definition) is 2. The lowest BCUT2D eigenvalue weighted by atomic mass is 9.70. The number of nitriles is 1. The zero-order valence-corrected chi connectivity index (χ0v) is 23.5. The summed E-state index contributed by atoms with van der Waals surface area (Å²) in [4.78, 5) is 35.9. The number of nitrogens with one attached hydrogen (secondary N) is 2. The predicted octanol–water partition coefficient (Wildman–Crippen LogP) is 2.97. The number of H-pyrrole nitrogens is 1. The highest BCUT2D eigenvalue weighted by Crippen LogP contribution is 2.45. The van der Waals surface area contributed by atoms with Gasteiger partial charge in [-0.05, 0) is 31.5 Å². The zero-order valence-electron chi connectivity index (χ0n) is 23.5. The normalized spacial score (nSPS) is 21.1. The van der Waals surface area contributed by atoms with Crippen LogP contribution in [0.4, 0.5) is 13.2 Å². The van der Waals surface area contributed by atoms with E-state index in [1.807, 2.05) is 30.1 Å². The van der Waals surface area contributed by atoms with E-state index in [4.69, 9.17) is 0 Å².